The highest BCUT2D eigenvalue weighted by Gasteiger charge is 2.46. The molecular weight excluding hydrogens is 236 g/mol. The lowest BCUT2D eigenvalue weighted by atomic mass is 9.87. The topological polar surface area (TPSA) is 32.3 Å². The Kier molecular flexibility index (Phi) is 3.06. The number of amides is 1. The largest absolute Gasteiger partial charge is 0.339 e. The van der Waals surface area contributed by atoms with Gasteiger partial charge in [0.15, 0.2) is 0 Å². The van der Waals surface area contributed by atoms with Crippen LogP contribution in [0.5, 0.6) is 0 Å². The van der Waals surface area contributed by atoms with Gasteiger partial charge in [-0.25, -0.2) is 0 Å². The molecule has 4 rings (SSSR count). The third kappa shape index (κ3) is 2.01. The number of carbonyl (C=O) groups is 1. The van der Waals surface area contributed by atoms with Crippen molar-refractivity contribution in [1.82, 2.24) is 10.2 Å². The predicted molar refractivity (Wildman–Crippen MR) is 74.7 cm³/mol. The van der Waals surface area contributed by atoms with Gasteiger partial charge in [-0.15, -0.1) is 0 Å². The first kappa shape index (κ1) is 12.2. The monoisotopic (exact) mass is 262 g/mol. The third-order valence-corrected chi connectivity index (χ3v) is 6.14. The molecule has 0 radical (unpaired) electrons. The van der Waals surface area contributed by atoms with Gasteiger partial charge in [-0.3, -0.25) is 4.79 Å². The summed E-state index contributed by atoms with van der Waals surface area (Å²) in [4.78, 5) is 15.2. The van der Waals surface area contributed by atoms with E-state index < -0.39 is 0 Å². The normalized spacial score (nSPS) is 42.4. The number of carbonyl (C=O) groups excluding carboxylic acids is 1. The molecule has 0 aromatic rings. The van der Waals surface area contributed by atoms with Crippen LogP contribution in [-0.2, 0) is 4.79 Å². The van der Waals surface area contributed by atoms with Gasteiger partial charge in [-0.1, -0.05) is 12.8 Å². The van der Waals surface area contributed by atoms with E-state index >= 15 is 0 Å². The predicted octanol–water partition coefficient (Wildman–Crippen LogP) is 2.31. The number of hydrogen-bond donors (Lipinski definition) is 1. The van der Waals surface area contributed by atoms with Crippen LogP contribution in [0.3, 0.4) is 0 Å². The SMILES string of the molecule is O=C(C1CC2CCC1N2)N1CCCC1C1CCCC1. The first-order chi connectivity index (χ1) is 9.33. The number of hydrogen-bond acceptors (Lipinski definition) is 2. The maximum Gasteiger partial charge on any atom is 0.227 e. The van der Waals surface area contributed by atoms with Crippen molar-refractivity contribution in [3.63, 3.8) is 0 Å². The van der Waals surface area contributed by atoms with E-state index in [0.717, 1.165) is 18.9 Å². The van der Waals surface area contributed by atoms with Crippen LogP contribution in [0.2, 0.25) is 0 Å². The van der Waals surface area contributed by atoms with Gasteiger partial charge in [0.2, 0.25) is 5.91 Å². The molecule has 4 unspecified atom stereocenters. The number of fused-ring (bicyclic) bond motifs is 2. The minimum atomic E-state index is 0.306. The minimum Gasteiger partial charge on any atom is -0.339 e. The molecule has 4 aliphatic rings. The van der Waals surface area contributed by atoms with Gasteiger partial charge < -0.3 is 10.2 Å². The molecule has 0 aromatic carbocycles. The van der Waals surface area contributed by atoms with E-state index in [2.05, 4.69) is 10.2 Å². The molecule has 4 atom stereocenters. The van der Waals surface area contributed by atoms with Crippen molar-refractivity contribution < 1.29 is 4.79 Å². The Balaban J connectivity index is 1.46. The van der Waals surface area contributed by atoms with Crippen molar-refractivity contribution in [3.05, 3.63) is 0 Å². The van der Waals surface area contributed by atoms with Crippen LogP contribution in [0.25, 0.3) is 0 Å². The first-order valence-electron chi connectivity index (χ1n) is 8.39. The summed E-state index contributed by atoms with van der Waals surface area (Å²) in [6.07, 6.45) is 11.6. The molecule has 1 aliphatic carbocycles. The summed E-state index contributed by atoms with van der Waals surface area (Å²) in [5.41, 5.74) is 0. The highest BCUT2D eigenvalue weighted by atomic mass is 16.2. The van der Waals surface area contributed by atoms with Crippen LogP contribution < -0.4 is 5.32 Å². The van der Waals surface area contributed by atoms with Gasteiger partial charge in [-0.05, 0) is 50.9 Å². The summed E-state index contributed by atoms with van der Waals surface area (Å²) in [5, 5.41) is 3.62. The summed E-state index contributed by atoms with van der Waals surface area (Å²) < 4.78 is 0. The standard InChI is InChI=1S/C16H26N2O/c19-16(13-10-12-7-8-14(13)17-12)18-9-3-6-15(18)11-4-1-2-5-11/h11-15,17H,1-10H2. The molecule has 2 bridgehead atoms. The molecule has 1 saturated carbocycles. The minimum absolute atomic E-state index is 0.306. The van der Waals surface area contributed by atoms with E-state index in [1.54, 1.807) is 0 Å². The Bertz CT molecular complexity index is 364. The number of nitrogens with one attached hydrogen (secondary N) is 1. The molecule has 4 fully saturated rings. The van der Waals surface area contributed by atoms with Crippen molar-refractivity contribution in [2.24, 2.45) is 11.8 Å². The smallest absolute Gasteiger partial charge is 0.227 e. The molecule has 3 saturated heterocycles. The average molecular weight is 262 g/mol. The van der Waals surface area contributed by atoms with Crippen molar-refractivity contribution in [2.45, 2.75) is 75.9 Å². The lowest BCUT2D eigenvalue weighted by molar-refractivity contribution is -0.137. The Morgan fingerprint density at radius 1 is 1.00 bits per heavy atom. The van der Waals surface area contributed by atoms with Gasteiger partial charge in [0.25, 0.3) is 0 Å². The van der Waals surface area contributed by atoms with Gasteiger partial charge in [0, 0.05) is 24.7 Å². The molecule has 0 spiro atoms. The molecule has 0 aromatic heterocycles. The Labute approximate surface area is 116 Å². The van der Waals surface area contributed by atoms with Gasteiger partial charge in [0.1, 0.15) is 0 Å². The van der Waals surface area contributed by atoms with Crippen molar-refractivity contribution in [3.8, 4) is 0 Å². The second-order valence-electron chi connectivity index (χ2n) is 7.18. The van der Waals surface area contributed by atoms with E-state index in [1.165, 1.54) is 51.4 Å². The van der Waals surface area contributed by atoms with Gasteiger partial charge in [0.05, 0.1) is 5.92 Å². The lowest BCUT2D eigenvalue weighted by Gasteiger charge is -2.33. The van der Waals surface area contributed by atoms with E-state index in [0.29, 0.717) is 30.0 Å². The fourth-order valence-corrected chi connectivity index (χ4v) is 5.21. The van der Waals surface area contributed by atoms with Gasteiger partial charge >= 0.3 is 0 Å². The molecule has 1 N–H and O–H groups in total. The second kappa shape index (κ2) is 4.76. The summed E-state index contributed by atoms with van der Waals surface area (Å²) >= 11 is 0. The van der Waals surface area contributed by atoms with E-state index in [9.17, 15) is 4.79 Å². The van der Waals surface area contributed by atoms with Crippen LogP contribution in [0.15, 0.2) is 0 Å². The molecular formula is C16H26N2O. The third-order valence-electron chi connectivity index (χ3n) is 6.14. The Morgan fingerprint density at radius 3 is 2.53 bits per heavy atom. The van der Waals surface area contributed by atoms with Crippen LogP contribution in [0.1, 0.15) is 57.8 Å². The highest BCUT2D eigenvalue weighted by Crippen LogP contribution is 2.39. The van der Waals surface area contributed by atoms with Gasteiger partial charge in [-0.2, -0.15) is 0 Å². The van der Waals surface area contributed by atoms with Crippen molar-refractivity contribution >= 4 is 5.91 Å². The number of likely N-dealkylation sites (tertiary alicyclic amines) is 1. The fraction of sp³-hybridized carbons (Fsp3) is 0.938. The first-order valence-corrected chi connectivity index (χ1v) is 8.39. The Morgan fingerprint density at radius 2 is 1.84 bits per heavy atom. The Hall–Kier alpha value is -0.570. The van der Waals surface area contributed by atoms with E-state index in [4.69, 9.17) is 0 Å². The summed E-state index contributed by atoms with van der Waals surface area (Å²) in [7, 11) is 0. The molecule has 3 heterocycles. The zero-order valence-electron chi connectivity index (χ0n) is 11.8. The highest BCUT2D eigenvalue weighted by molar-refractivity contribution is 5.81. The molecule has 1 amide bonds. The van der Waals surface area contributed by atoms with Crippen LogP contribution in [0, 0.1) is 11.8 Å². The molecule has 19 heavy (non-hydrogen) atoms. The van der Waals surface area contributed by atoms with Crippen molar-refractivity contribution in [2.75, 3.05) is 6.54 Å². The molecule has 3 nitrogen and oxygen atoms in total. The maximum atomic E-state index is 12.9. The lowest BCUT2D eigenvalue weighted by Crippen LogP contribution is -2.45. The number of nitrogens with zero attached hydrogens (tertiary/aromatic N) is 1. The average Bonchev–Trinajstić information content (AvgIpc) is 3.17. The zero-order chi connectivity index (χ0) is 12.8. The number of rotatable bonds is 2. The van der Waals surface area contributed by atoms with Crippen LogP contribution in [0.4, 0.5) is 0 Å². The second-order valence-corrected chi connectivity index (χ2v) is 7.18. The maximum absolute atomic E-state index is 12.9. The summed E-state index contributed by atoms with van der Waals surface area (Å²) in [6.45, 7) is 1.04. The zero-order valence-corrected chi connectivity index (χ0v) is 11.8. The quantitative estimate of drug-likeness (QED) is 0.828. The molecule has 106 valence electrons. The van der Waals surface area contributed by atoms with E-state index in [1.807, 2.05) is 0 Å². The van der Waals surface area contributed by atoms with Crippen LogP contribution >= 0.6 is 0 Å². The van der Waals surface area contributed by atoms with Crippen LogP contribution in [-0.4, -0.2) is 35.5 Å². The fourth-order valence-electron chi connectivity index (χ4n) is 5.21. The van der Waals surface area contributed by atoms with E-state index in [-0.39, 0.29) is 0 Å². The van der Waals surface area contributed by atoms with Crippen molar-refractivity contribution in [1.29, 1.82) is 0 Å². The summed E-state index contributed by atoms with van der Waals surface area (Å²) in [6, 6.07) is 1.74. The summed E-state index contributed by atoms with van der Waals surface area (Å²) in [5.74, 6) is 1.62. The molecule has 3 aliphatic heterocycles. The molecule has 3 heteroatoms.